The maximum atomic E-state index is 11.6. The molecular weight excluding hydrogens is 212 g/mol. The zero-order chi connectivity index (χ0) is 11.3. The highest BCUT2D eigenvalue weighted by molar-refractivity contribution is 6.30. The van der Waals surface area contributed by atoms with E-state index in [0.29, 0.717) is 10.7 Å². The molecule has 0 saturated carbocycles. The minimum absolute atomic E-state index is 0.218. The zero-order valence-electron chi connectivity index (χ0n) is 8.51. The van der Waals surface area contributed by atoms with Crippen molar-refractivity contribution in [3.63, 3.8) is 0 Å². The van der Waals surface area contributed by atoms with Crippen LogP contribution in [0.3, 0.4) is 0 Å². The Balaban J connectivity index is 2.59. The molecule has 1 aromatic heterocycles. The first-order chi connectivity index (χ1) is 7.17. The summed E-state index contributed by atoms with van der Waals surface area (Å²) in [6, 6.07) is 1.35. The summed E-state index contributed by atoms with van der Waals surface area (Å²) in [7, 11) is 0. The van der Waals surface area contributed by atoms with Crippen LogP contribution in [0.1, 0.15) is 30.3 Å². The highest BCUT2D eigenvalue weighted by atomic mass is 35.5. The number of aromatic nitrogens is 1. The van der Waals surface area contributed by atoms with Crippen molar-refractivity contribution in [2.45, 2.75) is 25.8 Å². The molecule has 4 heteroatoms. The summed E-state index contributed by atoms with van der Waals surface area (Å²) in [6.45, 7) is 2.02. The van der Waals surface area contributed by atoms with Crippen LogP contribution in [0.5, 0.6) is 0 Å². The van der Waals surface area contributed by atoms with Gasteiger partial charge in [-0.25, -0.2) is 0 Å². The normalized spacial score (nSPS) is 11.8. The quantitative estimate of drug-likeness (QED) is 0.757. The van der Waals surface area contributed by atoms with E-state index in [1.54, 1.807) is 12.3 Å². The van der Waals surface area contributed by atoms with Gasteiger partial charge < -0.3 is 10.3 Å². The topological polar surface area (TPSA) is 44.9 Å². The van der Waals surface area contributed by atoms with Gasteiger partial charge in [0.25, 0.3) is 5.91 Å². The number of nitrogens with one attached hydrogen (secondary N) is 2. The van der Waals surface area contributed by atoms with Gasteiger partial charge in [0, 0.05) is 6.20 Å². The van der Waals surface area contributed by atoms with Gasteiger partial charge >= 0.3 is 0 Å². The van der Waals surface area contributed by atoms with E-state index in [1.807, 2.05) is 6.92 Å². The molecule has 0 radical (unpaired) electrons. The van der Waals surface area contributed by atoms with Crippen LogP contribution in [0.2, 0.25) is 5.02 Å². The van der Waals surface area contributed by atoms with Gasteiger partial charge in [-0.05, 0) is 12.5 Å². The summed E-state index contributed by atoms with van der Waals surface area (Å²) in [5.41, 5.74) is 0.427. The van der Waals surface area contributed by atoms with E-state index in [0.717, 1.165) is 12.8 Å². The molecule has 80 valence electrons. The highest BCUT2D eigenvalue weighted by Gasteiger charge is 2.11. The summed E-state index contributed by atoms with van der Waals surface area (Å²) in [6.07, 6.45) is 8.55. The summed E-state index contributed by atoms with van der Waals surface area (Å²) >= 11 is 5.68. The fourth-order valence-electron chi connectivity index (χ4n) is 1.22. The number of H-pyrrole nitrogens is 1. The van der Waals surface area contributed by atoms with Crippen LogP contribution in [0.15, 0.2) is 12.3 Å². The Bertz CT molecular complexity index is 378. The molecule has 1 heterocycles. The van der Waals surface area contributed by atoms with Crippen LogP contribution in [0.25, 0.3) is 0 Å². The summed E-state index contributed by atoms with van der Waals surface area (Å²) < 4.78 is 0. The third-order valence-corrected chi connectivity index (χ3v) is 2.19. The number of halogens is 1. The lowest BCUT2D eigenvalue weighted by Gasteiger charge is -2.10. The number of rotatable bonds is 4. The second kappa shape index (κ2) is 5.47. The van der Waals surface area contributed by atoms with Gasteiger partial charge in [0.1, 0.15) is 5.69 Å². The van der Waals surface area contributed by atoms with Crippen LogP contribution in [-0.4, -0.2) is 16.9 Å². The van der Waals surface area contributed by atoms with Crippen molar-refractivity contribution in [3.05, 3.63) is 23.0 Å². The standard InChI is InChI=1S/C11H13ClN2O/c1-3-5-9(4-2)14-11(15)10-6-8(12)7-13-10/h2,6-7,9,13H,3,5H2,1H3,(H,14,15). The van der Waals surface area contributed by atoms with E-state index in [-0.39, 0.29) is 11.9 Å². The Hall–Kier alpha value is -1.40. The molecule has 0 fully saturated rings. The van der Waals surface area contributed by atoms with Gasteiger partial charge in [0.05, 0.1) is 11.1 Å². The van der Waals surface area contributed by atoms with E-state index in [4.69, 9.17) is 18.0 Å². The van der Waals surface area contributed by atoms with Gasteiger partial charge in [-0.15, -0.1) is 6.42 Å². The summed E-state index contributed by atoms with van der Waals surface area (Å²) in [5.74, 6) is 2.31. The number of carbonyl (C=O) groups is 1. The second-order valence-electron chi connectivity index (χ2n) is 3.21. The molecule has 1 atom stereocenters. The van der Waals surface area contributed by atoms with Gasteiger partial charge in [0.15, 0.2) is 0 Å². The van der Waals surface area contributed by atoms with E-state index < -0.39 is 0 Å². The molecule has 1 unspecified atom stereocenters. The third-order valence-electron chi connectivity index (χ3n) is 1.98. The van der Waals surface area contributed by atoms with Crippen molar-refractivity contribution in [3.8, 4) is 12.3 Å². The Morgan fingerprint density at radius 2 is 2.53 bits per heavy atom. The van der Waals surface area contributed by atoms with Crippen LogP contribution in [0, 0.1) is 12.3 Å². The Morgan fingerprint density at radius 3 is 3.00 bits per heavy atom. The molecule has 2 N–H and O–H groups in total. The largest absolute Gasteiger partial charge is 0.356 e. The van der Waals surface area contributed by atoms with E-state index in [1.165, 1.54) is 0 Å². The first-order valence-electron chi connectivity index (χ1n) is 4.78. The van der Waals surface area contributed by atoms with Crippen molar-refractivity contribution in [2.75, 3.05) is 0 Å². The minimum Gasteiger partial charge on any atom is -0.356 e. The molecule has 3 nitrogen and oxygen atoms in total. The van der Waals surface area contributed by atoms with Crippen molar-refractivity contribution in [1.82, 2.24) is 10.3 Å². The third kappa shape index (κ3) is 3.34. The summed E-state index contributed by atoms with van der Waals surface area (Å²) in [5, 5.41) is 3.24. The number of aromatic amines is 1. The number of amides is 1. The maximum Gasteiger partial charge on any atom is 0.268 e. The molecule has 0 spiro atoms. The van der Waals surface area contributed by atoms with Crippen molar-refractivity contribution < 1.29 is 4.79 Å². The average Bonchev–Trinajstić information content (AvgIpc) is 2.64. The molecule has 1 aromatic rings. The second-order valence-corrected chi connectivity index (χ2v) is 3.65. The van der Waals surface area contributed by atoms with Gasteiger partial charge in [0.2, 0.25) is 0 Å². The van der Waals surface area contributed by atoms with E-state index in [9.17, 15) is 4.79 Å². The van der Waals surface area contributed by atoms with E-state index >= 15 is 0 Å². The molecule has 1 amide bonds. The Kier molecular flexibility index (Phi) is 4.26. The molecule has 0 aromatic carbocycles. The lowest BCUT2D eigenvalue weighted by Crippen LogP contribution is -2.33. The molecule has 0 saturated heterocycles. The number of hydrogen-bond donors (Lipinski definition) is 2. The van der Waals surface area contributed by atoms with Crippen LogP contribution in [0.4, 0.5) is 0 Å². The Morgan fingerprint density at radius 1 is 1.80 bits per heavy atom. The SMILES string of the molecule is C#CC(CCC)NC(=O)c1cc(Cl)c[nH]1. The molecule has 0 aliphatic rings. The fraction of sp³-hybridized carbons (Fsp3) is 0.364. The van der Waals surface area contributed by atoms with Crippen molar-refractivity contribution >= 4 is 17.5 Å². The van der Waals surface area contributed by atoms with Crippen LogP contribution < -0.4 is 5.32 Å². The minimum atomic E-state index is -0.224. The smallest absolute Gasteiger partial charge is 0.268 e. The fourth-order valence-corrected chi connectivity index (χ4v) is 1.38. The predicted molar refractivity (Wildman–Crippen MR) is 60.8 cm³/mol. The number of terminal acetylenes is 1. The molecule has 0 aliphatic heterocycles. The predicted octanol–water partition coefficient (Wildman–Crippen LogP) is 2.20. The van der Waals surface area contributed by atoms with Crippen molar-refractivity contribution in [1.29, 1.82) is 0 Å². The first kappa shape index (κ1) is 11.7. The monoisotopic (exact) mass is 224 g/mol. The summed E-state index contributed by atoms with van der Waals surface area (Å²) in [4.78, 5) is 14.4. The molecule has 1 rings (SSSR count). The van der Waals surface area contributed by atoms with Crippen LogP contribution >= 0.6 is 11.6 Å². The van der Waals surface area contributed by atoms with Gasteiger partial charge in [-0.2, -0.15) is 0 Å². The van der Waals surface area contributed by atoms with Gasteiger partial charge in [-0.1, -0.05) is 30.9 Å². The molecule has 0 aliphatic carbocycles. The average molecular weight is 225 g/mol. The molecule has 0 bridgehead atoms. The maximum absolute atomic E-state index is 11.6. The Labute approximate surface area is 94.2 Å². The zero-order valence-corrected chi connectivity index (χ0v) is 9.27. The first-order valence-corrected chi connectivity index (χ1v) is 5.16. The van der Waals surface area contributed by atoms with Gasteiger partial charge in [-0.3, -0.25) is 4.79 Å². The highest BCUT2D eigenvalue weighted by Crippen LogP contribution is 2.09. The van der Waals surface area contributed by atoms with Crippen LogP contribution in [-0.2, 0) is 0 Å². The molecule has 15 heavy (non-hydrogen) atoms. The van der Waals surface area contributed by atoms with E-state index in [2.05, 4.69) is 16.2 Å². The lowest BCUT2D eigenvalue weighted by molar-refractivity contribution is 0.0940. The lowest BCUT2D eigenvalue weighted by atomic mass is 10.2. The number of carbonyl (C=O) groups excluding carboxylic acids is 1. The van der Waals surface area contributed by atoms with Crippen molar-refractivity contribution in [2.24, 2.45) is 0 Å². The molecular formula is C11H13ClN2O. The number of hydrogen-bond acceptors (Lipinski definition) is 1.